The Kier molecular flexibility index (Phi) is 4.88. The summed E-state index contributed by atoms with van der Waals surface area (Å²) in [6, 6.07) is 5.17. The van der Waals surface area contributed by atoms with Gasteiger partial charge >= 0.3 is 6.18 Å². The molecule has 0 aliphatic carbocycles. The minimum absolute atomic E-state index is 0.119. The van der Waals surface area contributed by atoms with Crippen LogP contribution in [0, 0.1) is 5.92 Å². The molecular weight excluding hydrogens is 281 g/mol. The number of benzene rings is 1. The third kappa shape index (κ3) is 4.46. The van der Waals surface area contributed by atoms with Crippen molar-refractivity contribution in [3.8, 4) is 0 Å². The fourth-order valence-corrected chi connectivity index (χ4v) is 2.24. The summed E-state index contributed by atoms with van der Waals surface area (Å²) in [6.07, 6.45) is -4.16. The molecule has 0 saturated carbocycles. The van der Waals surface area contributed by atoms with Crippen molar-refractivity contribution < 1.29 is 18.0 Å². The summed E-state index contributed by atoms with van der Waals surface area (Å²) >= 11 is 0. The normalized spacial score (nSPS) is 17.1. The van der Waals surface area contributed by atoms with Crippen LogP contribution in [-0.2, 0) is 11.0 Å². The first kappa shape index (κ1) is 15.8. The molecule has 1 atom stereocenters. The number of rotatable bonds is 5. The van der Waals surface area contributed by atoms with Crippen LogP contribution in [0.3, 0.4) is 0 Å². The molecule has 0 aromatic heterocycles. The van der Waals surface area contributed by atoms with Gasteiger partial charge in [0.1, 0.15) is 0 Å². The van der Waals surface area contributed by atoms with Crippen LogP contribution in [0.25, 0.3) is 0 Å². The highest BCUT2D eigenvalue weighted by Crippen LogP contribution is 2.31. The van der Waals surface area contributed by atoms with Gasteiger partial charge in [-0.05, 0) is 17.5 Å². The van der Waals surface area contributed by atoms with E-state index in [1.165, 1.54) is 6.07 Å². The van der Waals surface area contributed by atoms with Gasteiger partial charge in [0.15, 0.2) is 0 Å². The molecule has 6 heteroatoms. The molecule has 1 fully saturated rings. The van der Waals surface area contributed by atoms with E-state index < -0.39 is 11.7 Å². The first-order chi connectivity index (χ1) is 9.86. The van der Waals surface area contributed by atoms with Gasteiger partial charge in [0, 0.05) is 32.0 Å². The lowest BCUT2D eigenvalue weighted by Crippen LogP contribution is -2.48. The molecule has 1 amide bonds. The number of carbonyl (C=O) groups is 1. The molecule has 21 heavy (non-hydrogen) atoms. The lowest BCUT2D eigenvalue weighted by atomic mass is 9.95. The molecule has 1 unspecified atom stereocenters. The van der Waals surface area contributed by atoms with Gasteiger partial charge < -0.3 is 10.6 Å². The summed E-state index contributed by atoms with van der Waals surface area (Å²) in [5.74, 6) is 0.108. The smallest absolute Gasteiger partial charge is 0.356 e. The second kappa shape index (κ2) is 6.47. The van der Waals surface area contributed by atoms with E-state index in [9.17, 15) is 18.0 Å². The van der Waals surface area contributed by atoms with Crippen LogP contribution in [0.4, 0.5) is 13.2 Å². The second-order valence-corrected chi connectivity index (χ2v) is 5.56. The van der Waals surface area contributed by atoms with Crippen LogP contribution >= 0.6 is 0 Å². The Balaban J connectivity index is 1.89. The maximum absolute atomic E-state index is 12.7. The van der Waals surface area contributed by atoms with Crippen LogP contribution in [0.5, 0.6) is 0 Å². The minimum atomic E-state index is -4.35. The van der Waals surface area contributed by atoms with Crippen LogP contribution in [0.15, 0.2) is 24.3 Å². The Bertz CT molecular complexity index is 498. The molecular formula is C15H19F3N2O. The summed E-state index contributed by atoms with van der Waals surface area (Å²) in [7, 11) is 0. The predicted octanol–water partition coefficient (Wildman–Crippen LogP) is 2.53. The molecule has 1 aromatic carbocycles. The van der Waals surface area contributed by atoms with E-state index in [1.807, 2.05) is 0 Å². The standard InChI is InChI=1S/C15H19F3N2O/c1-10(5-14(21)20-9-11-7-19-8-11)12-3-2-4-13(6-12)15(16,17)18/h2-4,6,10-11,19H,5,7-9H2,1H3,(H,20,21). The lowest BCUT2D eigenvalue weighted by Gasteiger charge is -2.27. The number of carbonyl (C=O) groups excluding carboxylic acids is 1. The molecule has 1 saturated heterocycles. The lowest BCUT2D eigenvalue weighted by molar-refractivity contribution is -0.137. The summed E-state index contributed by atoms with van der Waals surface area (Å²) in [6.45, 7) is 4.20. The Morgan fingerprint density at radius 3 is 2.71 bits per heavy atom. The molecule has 1 heterocycles. The van der Waals surface area contributed by atoms with Gasteiger partial charge in [-0.15, -0.1) is 0 Å². The molecule has 0 spiro atoms. The average molecular weight is 300 g/mol. The van der Waals surface area contributed by atoms with Crippen molar-refractivity contribution in [1.82, 2.24) is 10.6 Å². The van der Waals surface area contributed by atoms with Crippen LogP contribution in [0.1, 0.15) is 30.4 Å². The van der Waals surface area contributed by atoms with Crippen molar-refractivity contribution in [2.45, 2.75) is 25.4 Å². The molecule has 1 aromatic rings. The van der Waals surface area contributed by atoms with Gasteiger partial charge in [-0.25, -0.2) is 0 Å². The molecule has 2 rings (SSSR count). The summed E-state index contributed by atoms with van der Waals surface area (Å²) in [4.78, 5) is 11.8. The number of hydrogen-bond donors (Lipinski definition) is 2. The average Bonchev–Trinajstić information content (AvgIpc) is 2.36. The molecule has 0 radical (unpaired) electrons. The highest BCUT2D eigenvalue weighted by molar-refractivity contribution is 5.76. The van der Waals surface area contributed by atoms with Crippen molar-refractivity contribution in [3.63, 3.8) is 0 Å². The summed E-state index contributed by atoms with van der Waals surface area (Å²) in [5, 5.41) is 5.94. The van der Waals surface area contributed by atoms with Crippen molar-refractivity contribution in [2.24, 2.45) is 5.92 Å². The first-order valence-electron chi connectivity index (χ1n) is 7.01. The predicted molar refractivity (Wildman–Crippen MR) is 73.8 cm³/mol. The summed E-state index contributed by atoms with van der Waals surface area (Å²) < 4.78 is 38.0. The van der Waals surface area contributed by atoms with E-state index in [-0.39, 0.29) is 18.2 Å². The number of hydrogen-bond acceptors (Lipinski definition) is 2. The van der Waals surface area contributed by atoms with Crippen LogP contribution in [-0.4, -0.2) is 25.5 Å². The molecule has 3 nitrogen and oxygen atoms in total. The fraction of sp³-hybridized carbons (Fsp3) is 0.533. The Morgan fingerprint density at radius 2 is 2.14 bits per heavy atom. The molecule has 2 N–H and O–H groups in total. The topological polar surface area (TPSA) is 41.1 Å². The van der Waals surface area contributed by atoms with E-state index >= 15 is 0 Å². The van der Waals surface area contributed by atoms with E-state index in [0.29, 0.717) is 18.0 Å². The van der Waals surface area contributed by atoms with Crippen LogP contribution in [0.2, 0.25) is 0 Å². The van der Waals surface area contributed by atoms with Gasteiger partial charge in [-0.1, -0.05) is 25.1 Å². The minimum Gasteiger partial charge on any atom is -0.356 e. The Morgan fingerprint density at radius 1 is 1.43 bits per heavy atom. The zero-order chi connectivity index (χ0) is 15.5. The number of nitrogens with one attached hydrogen (secondary N) is 2. The SMILES string of the molecule is CC(CC(=O)NCC1CNC1)c1cccc(C(F)(F)F)c1. The third-order valence-electron chi connectivity index (χ3n) is 3.73. The van der Waals surface area contributed by atoms with E-state index in [0.717, 1.165) is 25.2 Å². The number of halogens is 3. The number of alkyl halides is 3. The van der Waals surface area contributed by atoms with Gasteiger partial charge in [-0.3, -0.25) is 4.79 Å². The first-order valence-corrected chi connectivity index (χ1v) is 7.01. The summed E-state index contributed by atoms with van der Waals surface area (Å²) in [5.41, 5.74) is -0.141. The maximum atomic E-state index is 12.7. The molecule has 0 bridgehead atoms. The van der Waals surface area contributed by atoms with E-state index in [1.54, 1.807) is 13.0 Å². The van der Waals surface area contributed by atoms with Gasteiger partial charge in [-0.2, -0.15) is 13.2 Å². The number of amides is 1. The molecule has 1 aliphatic heterocycles. The second-order valence-electron chi connectivity index (χ2n) is 5.56. The largest absolute Gasteiger partial charge is 0.416 e. The molecule has 116 valence electrons. The fourth-order valence-electron chi connectivity index (χ4n) is 2.24. The van der Waals surface area contributed by atoms with Crippen molar-refractivity contribution in [3.05, 3.63) is 35.4 Å². The Hall–Kier alpha value is -1.56. The van der Waals surface area contributed by atoms with Crippen LogP contribution < -0.4 is 10.6 Å². The zero-order valence-corrected chi connectivity index (χ0v) is 11.8. The third-order valence-corrected chi connectivity index (χ3v) is 3.73. The van der Waals surface area contributed by atoms with Gasteiger partial charge in [0.2, 0.25) is 5.91 Å². The quantitative estimate of drug-likeness (QED) is 0.877. The monoisotopic (exact) mass is 300 g/mol. The van der Waals surface area contributed by atoms with Gasteiger partial charge in [0.05, 0.1) is 5.56 Å². The van der Waals surface area contributed by atoms with Crippen molar-refractivity contribution >= 4 is 5.91 Å². The zero-order valence-electron chi connectivity index (χ0n) is 11.8. The van der Waals surface area contributed by atoms with Gasteiger partial charge in [0.25, 0.3) is 0 Å². The van der Waals surface area contributed by atoms with Crippen molar-refractivity contribution in [1.29, 1.82) is 0 Å². The maximum Gasteiger partial charge on any atom is 0.416 e. The van der Waals surface area contributed by atoms with Crippen molar-refractivity contribution in [2.75, 3.05) is 19.6 Å². The highest BCUT2D eigenvalue weighted by Gasteiger charge is 2.30. The molecule has 1 aliphatic rings. The van der Waals surface area contributed by atoms with E-state index in [4.69, 9.17) is 0 Å². The van der Waals surface area contributed by atoms with E-state index in [2.05, 4.69) is 10.6 Å². The Labute approximate surface area is 121 Å². The highest BCUT2D eigenvalue weighted by atomic mass is 19.4.